The fourth-order valence-electron chi connectivity index (χ4n) is 2.67. The Labute approximate surface area is 171 Å². The number of rotatable bonds is 9. The average Bonchev–Trinajstić information content (AvgIpc) is 3.10. The van der Waals surface area contributed by atoms with Crippen LogP contribution in [0.25, 0.3) is 11.4 Å². The molecule has 0 saturated carbocycles. The van der Waals surface area contributed by atoms with Crippen LogP contribution in [0, 0.1) is 10.1 Å². The minimum Gasteiger partial charge on any atom is -0.385 e. The van der Waals surface area contributed by atoms with Crippen LogP contribution in [0.4, 0.5) is 5.69 Å². The summed E-state index contributed by atoms with van der Waals surface area (Å²) in [7, 11) is 1.67. The van der Waals surface area contributed by atoms with Crippen LogP contribution in [-0.4, -0.2) is 33.4 Å². The molecular weight excluding hydrogens is 400 g/mol. The maximum absolute atomic E-state index is 10.8. The van der Waals surface area contributed by atoms with E-state index >= 15 is 0 Å². The number of hydrogen-bond acceptors (Lipinski definition) is 6. The number of nitro groups is 1. The van der Waals surface area contributed by atoms with E-state index in [1.807, 2.05) is 28.8 Å². The second-order valence-electron chi connectivity index (χ2n) is 6.00. The molecule has 0 unspecified atom stereocenters. The molecule has 0 saturated heterocycles. The Hall–Kier alpha value is -2.42. The molecule has 146 valence electrons. The maximum Gasteiger partial charge on any atom is 0.269 e. The summed E-state index contributed by atoms with van der Waals surface area (Å²) in [6.07, 6.45) is 0.817. The van der Waals surface area contributed by atoms with Gasteiger partial charge in [-0.25, -0.2) is 0 Å². The molecule has 3 rings (SSSR count). The predicted octanol–water partition coefficient (Wildman–Crippen LogP) is 4.84. The molecule has 0 aliphatic heterocycles. The van der Waals surface area contributed by atoms with Crippen LogP contribution in [0.5, 0.6) is 0 Å². The third kappa shape index (κ3) is 4.89. The van der Waals surface area contributed by atoms with Gasteiger partial charge in [-0.2, -0.15) is 0 Å². The molecule has 0 atom stereocenters. The molecule has 9 heteroatoms. The lowest BCUT2D eigenvalue weighted by Crippen LogP contribution is -2.05. The Balaban J connectivity index is 1.81. The van der Waals surface area contributed by atoms with Crippen molar-refractivity contribution in [3.63, 3.8) is 0 Å². The van der Waals surface area contributed by atoms with Crippen molar-refractivity contribution in [2.24, 2.45) is 0 Å². The Morgan fingerprint density at radius 1 is 1.18 bits per heavy atom. The molecule has 1 aromatic heterocycles. The topological polar surface area (TPSA) is 83.1 Å². The molecule has 0 fully saturated rings. The van der Waals surface area contributed by atoms with Crippen molar-refractivity contribution in [2.45, 2.75) is 23.9 Å². The number of nitro benzene ring substituents is 1. The zero-order chi connectivity index (χ0) is 19.9. The van der Waals surface area contributed by atoms with Gasteiger partial charge in [0.2, 0.25) is 0 Å². The third-order valence-electron chi connectivity index (χ3n) is 4.08. The molecule has 0 spiro atoms. The van der Waals surface area contributed by atoms with Gasteiger partial charge in [-0.1, -0.05) is 47.6 Å². The number of aromatic nitrogens is 3. The lowest BCUT2D eigenvalue weighted by atomic mass is 10.2. The number of benzene rings is 2. The van der Waals surface area contributed by atoms with E-state index in [0.29, 0.717) is 29.8 Å². The van der Waals surface area contributed by atoms with Crippen molar-refractivity contribution in [3.8, 4) is 11.4 Å². The summed E-state index contributed by atoms with van der Waals surface area (Å²) < 4.78 is 7.21. The molecule has 0 amide bonds. The number of nitrogens with zero attached hydrogens (tertiary/aromatic N) is 4. The zero-order valence-electron chi connectivity index (χ0n) is 15.2. The average molecular weight is 419 g/mol. The molecule has 0 aliphatic carbocycles. The first kappa shape index (κ1) is 20.3. The first-order valence-corrected chi connectivity index (χ1v) is 9.99. The number of ether oxygens (including phenoxy) is 1. The molecule has 0 N–H and O–H groups in total. The number of thioether (sulfide) groups is 1. The molecule has 3 aromatic rings. The first-order chi connectivity index (χ1) is 13.6. The second kappa shape index (κ2) is 9.68. The molecule has 7 nitrogen and oxygen atoms in total. The maximum atomic E-state index is 10.8. The Morgan fingerprint density at radius 3 is 2.61 bits per heavy atom. The quantitative estimate of drug-likeness (QED) is 0.214. The van der Waals surface area contributed by atoms with E-state index in [0.717, 1.165) is 22.7 Å². The van der Waals surface area contributed by atoms with Crippen LogP contribution in [0.2, 0.25) is 5.02 Å². The van der Waals surface area contributed by atoms with Gasteiger partial charge in [0.15, 0.2) is 11.0 Å². The van der Waals surface area contributed by atoms with Crippen LogP contribution in [0.15, 0.2) is 53.7 Å². The molecule has 0 aliphatic rings. The van der Waals surface area contributed by atoms with Gasteiger partial charge < -0.3 is 9.30 Å². The fourth-order valence-corrected chi connectivity index (χ4v) is 3.81. The standard InChI is InChI=1S/C19H19ClN4O3S/c1-27-12-4-11-23-18(16-5-2-3-6-17(16)20)21-22-19(23)28-13-14-7-9-15(10-8-14)24(25)26/h2-3,5-10H,4,11-13H2,1H3. The summed E-state index contributed by atoms with van der Waals surface area (Å²) in [5, 5.41) is 20.9. The summed E-state index contributed by atoms with van der Waals surface area (Å²) in [6.45, 7) is 1.33. The van der Waals surface area contributed by atoms with Gasteiger partial charge in [0.25, 0.3) is 5.69 Å². The Kier molecular flexibility index (Phi) is 7.02. The smallest absolute Gasteiger partial charge is 0.269 e. The number of non-ortho nitro benzene ring substituents is 1. The van der Waals surface area contributed by atoms with Crippen molar-refractivity contribution in [1.29, 1.82) is 0 Å². The summed E-state index contributed by atoms with van der Waals surface area (Å²) >= 11 is 7.88. The zero-order valence-corrected chi connectivity index (χ0v) is 16.8. The van der Waals surface area contributed by atoms with E-state index in [1.165, 1.54) is 23.9 Å². The van der Waals surface area contributed by atoms with Gasteiger partial charge in [0.05, 0.1) is 9.95 Å². The van der Waals surface area contributed by atoms with Crippen molar-refractivity contribution >= 4 is 29.1 Å². The largest absolute Gasteiger partial charge is 0.385 e. The van der Waals surface area contributed by atoms with Crippen LogP contribution < -0.4 is 0 Å². The highest BCUT2D eigenvalue weighted by molar-refractivity contribution is 7.98. The lowest BCUT2D eigenvalue weighted by molar-refractivity contribution is -0.384. The van der Waals surface area contributed by atoms with Gasteiger partial charge in [0, 0.05) is 43.7 Å². The number of hydrogen-bond donors (Lipinski definition) is 0. The number of methoxy groups -OCH3 is 1. The predicted molar refractivity (Wildman–Crippen MR) is 110 cm³/mol. The minimum absolute atomic E-state index is 0.0810. The highest BCUT2D eigenvalue weighted by Crippen LogP contribution is 2.30. The molecule has 0 radical (unpaired) electrons. The van der Waals surface area contributed by atoms with Crippen LogP contribution in [0.1, 0.15) is 12.0 Å². The van der Waals surface area contributed by atoms with Crippen LogP contribution >= 0.6 is 23.4 Å². The highest BCUT2D eigenvalue weighted by atomic mass is 35.5. The molecule has 1 heterocycles. The van der Waals surface area contributed by atoms with Crippen LogP contribution in [-0.2, 0) is 17.0 Å². The first-order valence-electron chi connectivity index (χ1n) is 8.63. The SMILES string of the molecule is COCCCn1c(SCc2ccc([N+](=O)[O-])cc2)nnc1-c1ccccc1Cl. The summed E-state index contributed by atoms with van der Waals surface area (Å²) in [6, 6.07) is 14.1. The van der Waals surface area contributed by atoms with E-state index in [1.54, 1.807) is 19.2 Å². The Morgan fingerprint density at radius 2 is 1.93 bits per heavy atom. The monoisotopic (exact) mass is 418 g/mol. The lowest BCUT2D eigenvalue weighted by Gasteiger charge is -2.11. The molecular formula is C19H19ClN4O3S. The van der Waals surface area contributed by atoms with E-state index < -0.39 is 4.92 Å². The second-order valence-corrected chi connectivity index (χ2v) is 7.35. The van der Waals surface area contributed by atoms with E-state index in [4.69, 9.17) is 16.3 Å². The molecule has 2 aromatic carbocycles. The number of halogens is 1. The van der Waals surface area contributed by atoms with Crippen LogP contribution in [0.3, 0.4) is 0 Å². The van der Waals surface area contributed by atoms with Gasteiger partial charge in [-0.05, 0) is 24.1 Å². The van der Waals surface area contributed by atoms with Crippen molar-refractivity contribution in [3.05, 3.63) is 69.2 Å². The van der Waals surface area contributed by atoms with Crippen molar-refractivity contribution in [1.82, 2.24) is 14.8 Å². The molecule has 0 bridgehead atoms. The summed E-state index contributed by atoms with van der Waals surface area (Å²) in [4.78, 5) is 10.4. The van der Waals surface area contributed by atoms with Gasteiger partial charge in [0.1, 0.15) is 0 Å². The van der Waals surface area contributed by atoms with Crippen molar-refractivity contribution < 1.29 is 9.66 Å². The Bertz CT molecular complexity index is 947. The van der Waals surface area contributed by atoms with E-state index in [2.05, 4.69) is 10.2 Å². The van der Waals surface area contributed by atoms with Gasteiger partial charge in [-0.3, -0.25) is 10.1 Å². The van der Waals surface area contributed by atoms with E-state index in [-0.39, 0.29) is 5.69 Å². The normalized spacial score (nSPS) is 10.9. The van der Waals surface area contributed by atoms with Gasteiger partial charge in [-0.15, -0.1) is 10.2 Å². The fraction of sp³-hybridized carbons (Fsp3) is 0.263. The highest BCUT2D eigenvalue weighted by Gasteiger charge is 2.16. The molecule has 28 heavy (non-hydrogen) atoms. The van der Waals surface area contributed by atoms with Gasteiger partial charge >= 0.3 is 0 Å². The van der Waals surface area contributed by atoms with Crippen molar-refractivity contribution in [2.75, 3.05) is 13.7 Å². The summed E-state index contributed by atoms with van der Waals surface area (Å²) in [5.41, 5.74) is 1.88. The minimum atomic E-state index is -0.404. The van der Waals surface area contributed by atoms with E-state index in [9.17, 15) is 10.1 Å². The summed E-state index contributed by atoms with van der Waals surface area (Å²) in [5.74, 6) is 1.34. The third-order valence-corrected chi connectivity index (χ3v) is 5.44.